The molecule has 0 rings (SSSR count). The summed E-state index contributed by atoms with van der Waals surface area (Å²) in [6.07, 6.45) is 0. The van der Waals surface area contributed by atoms with Crippen molar-refractivity contribution in [2.45, 2.75) is 23.7 Å². The van der Waals surface area contributed by atoms with Crippen molar-refractivity contribution < 1.29 is 19.8 Å². The minimum atomic E-state index is -1.03. The molecule has 0 heterocycles. The van der Waals surface area contributed by atoms with E-state index in [4.69, 9.17) is 0 Å². The number of carbonyl (C=O) groups excluding carboxylic acids is 2. The number of carboxylic acid groups (broad SMARTS) is 2. The van der Waals surface area contributed by atoms with Gasteiger partial charge in [0.2, 0.25) is 0 Å². The first-order valence-electron chi connectivity index (χ1n) is 5.00. The Bertz CT molecular complexity index is 183. The molecule has 4 nitrogen and oxygen atoms in total. The fourth-order valence-electron chi connectivity index (χ4n) is 0.149. The molecule has 0 aliphatic carbocycles. The van der Waals surface area contributed by atoms with E-state index in [0.29, 0.717) is 11.5 Å². The molecule has 2 unspecified atom stereocenters. The Hall–Kier alpha value is 0.439. The second-order valence-electron chi connectivity index (χ2n) is 3.31. The van der Waals surface area contributed by atoms with Crippen LogP contribution in [0, 0.1) is 11.8 Å². The number of hydrogen-bond acceptors (Lipinski definition) is 6. The standard InChI is InChI=1S/2C4H8O2S.2CH3.Sn/c2*1-3(2-7)4(5)6;;;/h2*3,7H,2H2,1H3,(H,5,6);2*1H3;/q;;;;+2/p-2. The van der Waals surface area contributed by atoms with Gasteiger partial charge in [-0.3, -0.25) is 0 Å². The van der Waals surface area contributed by atoms with Crippen molar-refractivity contribution in [2.75, 3.05) is 11.5 Å². The molecule has 2 atom stereocenters. The number of aliphatic carboxylic acids is 2. The van der Waals surface area contributed by atoms with E-state index in [-0.39, 0.29) is 21.1 Å². The molecule has 0 radical (unpaired) electrons. The predicted molar refractivity (Wildman–Crippen MR) is 73.5 cm³/mol. The summed E-state index contributed by atoms with van der Waals surface area (Å²) in [6.45, 7) is 3.12. The summed E-state index contributed by atoms with van der Waals surface area (Å²) in [4.78, 5) is 24.1. The van der Waals surface area contributed by atoms with E-state index in [1.54, 1.807) is 13.8 Å². The predicted octanol–water partition coefficient (Wildman–Crippen LogP) is -0.609. The second kappa shape index (κ2) is 16.4. The molecule has 0 N–H and O–H groups in total. The average Bonchev–Trinajstić information content (AvgIpc) is 2.28. The molecule has 7 heteroatoms. The zero-order valence-corrected chi connectivity index (χ0v) is 15.2. The molecule has 0 aliphatic rings. The van der Waals surface area contributed by atoms with Crippen molar-refractivity contribution in [3.8, 4) is 0 Å². The van der Waals surface area contributed by atoms with Crippen LogP contribution in [0.1, 0.15) is 13.8 Å². The van der Waals surface area contributed by atoms with Crippen molar-refractivity contribution in [1.29, 1.82) is 0 Å². The molecule has 0 aliphatic heterocycles. The SMILES string of the molecule is CC(CS)C(=O)[O-].CC(CS)C(=O)[O-].[CH3][Sn+2][CH3]. The maximum atomic E-state index is 9.77. The van der Waals surface area contributed by atoms with E-state index < -0.39 is 23.8 Å². The van der Waals surface area contributed by atoms with Gasteiger partial charge in [0.25, 0.3) is 0 Å². The summed E-state index contributed by atoms with van der Waals surface area (Å²) in [5.74, 6) is -2.22. The topological polar surface area (TPSA) is 80.3 Å². The number of thiol groups is 2. The van der Waals surface area contributed by atoms with Gasteiger partial charge in [-0.25, -0.2) is 0 Å². The summed E-state index contributed by atoms with van der Waals surface area (Å²) in [7, 11) is 0. The van der Waals surface area contributed by atoms with Gasteiger partial charge in [0.15, 0.2) is 0 Å². The first-order chi connectivity index (χ1) is 7.78. The van der Waals surface area contributed by atoms with Gasteiger partial charge in [0.1, 0.15) is 0 Å². The molecule has 0 bridgehead atoms. The Morgan fingerprint density at radius 2 is 1.18 bits per heavy atom. The number of carbonyl (C=O) groups is 2. The molecule has 0 spiro atoms. The fourth-order valence-corrected chi connectivity index (χ4v) is 0.447. The van der Waals surface area contributed by atoms with Crippen LogP contribution in [0.25, 0.3) is 0 Å². The van der Waals surface area contributed by atoms with Crippen molar-refractivity contribution in [2.24, 2.45) is 11.8 Å². The molecule has 0 saturated carbocycles. The molecule has 0 amide bonds. The molecule has 0 aromatic heterocycles. The molecule has 17 heavy (non-hydrogen) atoms. The van der Waals surface area contributed by atoms with Crippen molar-refractivity contribution in [3.05, 3.63) is 0 Å². The van der Waals surface area contributed by atoms with Gasteiger partial charge in [-0.15, -0.1) is 0 Å². The average molecular weight is 387 g/mol. The Morgan fingerprint density at radius 1 is 1.00 bits per heavy atom. The third-order valence-electron chi connectivity index (χ3n) is 1.35. The van der Waals surface area contributed by atoms with Crippen LogP contribution in [0.15, 0.2) is 0 Å². The maximum absolute atomic E-state index is 9.77. The van der Waals surface area contributed by atoms with E-state index >= 15 is 0 Å². The molecule has 0 fully saturated rings. The summed E-state index contributed by atoms with van der Waals surface area (Å²) in [5.41, 5.74) is 0. The van der Waals surface area contributed by atoms with Gasteiger partial charge in [0.05, 0.1) is 0 Å². The van der Waals surface area contributed by atoms with E-state index in [9.17, 15) is 19.8 Å². The van der Waals surface area contributed by atoms with Crippen LogP contribution in [0.4, 0.5) is 0 Å². The molecular formula is C10H20O4S2Sn. The van der Waals surface area contributed by atoms with Crippen LogP contribution in [-0.4, -0.2) is 44.6 Å². The Kier molecular flexibility index (Phi) is 21.9. The van der Waals surface area contributed by atoms with Gasteiger partial charge < -0.3 is 19.8 Å². The third kappa shape index (κ3) is 22.1. The summed E-state index contributed by atoms with van der Waals surface area (Å²) >= 11 is 7.70. The fraction of sp³-hybridized carbons (Fsp3) is 0.800. The molecular weight excluding hydrogens is 367 g/mol. The molecule has 0 aromatic rings. The van der Waals surface area contributed by atoms with Crippen molar-refractivity contribution >= 4 is 58.3 Å². The molecule has 0 aromatic carbocycles. The summed E-state index contributed by atoms with van der Waals surface area (Å²) < 4.78 is 0. The van der Waals surface area contributed by atoms with Crippen molar-refractivity contribution in [1.82, 2.24) is 0 Å². The first-order valence-corrected chi connectivity index (χ1v) is 12.0. The van der Waals surface area contributed by atoms with E-state index in [1.807, 2.05) is 0 Å². The monoisotopic (exact) mass is 388 g/mol. The zero-order chi connectivity index (χ0) is 14.4. The van der Waals surface area contributed by atoms with Gasteiger partial charge in [-0.05, 0) is 11.5 Å². The van der Waals surface area contributed by atoms with Gasteiger partial charge >= 0.3 is 31.0 Å². The Morgan fingerprint density at radius 3 is 1.18 bits per heavy atom. The summed E-state index contributed by atoms with van der Waals surface area (Å²) in [6, 6.07) is 0. The van der Waals surface area contributed by atoms with Crippen LogP contribution < -0.4 is 10.2 Å². The van der Waals surface area contributed by atoms with E-state index in [2.05, 4.69) is 35.1 Å². The number of rotatable bonds is 4. The molecule has 100 valence electrons. The van der Waals surface area contributed by atoms with Crippen LogP contribution in [0.2, 0.25) is 9.88 Å². The van der Waals surface area contributed by atoms with Gasteiger partial charge in [-0.1, -0.05) is 13.8 Å². The normalized spacial score (nSPS) is 11.6. The molecule has 0 saturated heterocycles. The van der Waals surface area contributed by atoms with Crippen LogP contribution in [-0.2, 0) is 9.59 Å². The quantitative estimate of drug-likeness (QED) is 0.499. The van der Waals surface area contributed by atoms with Crippen molar-refractivity contribution in [3.63, 3.8) is 0 Å². The minimum absolute atomic E-state index is 0.230. The van der Waals surface area contributed by atoms with Crippen LogP contribution in [0.3, 0.4) is 0 Å². The second-order valence-corrected chi connectivity index (χ2v) is 6.89. The number of hydrogen-bond donors (Lipinski definition) is 2. The Labute approximate surface area is 125 Å². The Balaban J connectivity index is -0.000000188. The first kappa shape index (κ1) is 22.6. The number of carboxylic acids is 2. The zero-order valence-electron chi connectivity index (χ0n) is 10.6. The van der Waals surface area contributed by atoms with Gasteiger partial charge in [-0.2, -0.15) is 25.3 Å². The third-order valence-corrected chi connectivity index (χ3v) is 2.45. The van der Waals surface area contributed by atoms with Gasteiger partial charge in [0, 0.05) is 23.8 Å². The summed E-state index contributed by atoms with van der Waals surface area (Å²) in [5, 5.41) is 19.5. The van der Waals surface area contributed by atoms with E-state index in [0.717, 1.165) is 0 Å². The van der Waals surface area contributed by atoms with Crippen LogP contribution >= 0.6 is 25.3 Å². The van der Waals surface area contributed by atoms with E-state index in [1.165, 1.54) is 0 Å². The van der Waals surface area contributed by atoms with Crippen LogP contribution in [0.5, 0.6) is 0 Å².